The molecule has 0 fully saturated rings. The molecule has 0 aromatic heterocycles. The average Bonchev–Trinajstić information content (AvgIpc) is 2.41. The summed E-state index contributed by atoms with van der Waals surface area (Å²) in [6.45, 7) is 6.90. The first-order valence-corrected chi connectivity index (χ1v) is 7.64. The monoisotopic (exact) mass is 333 g/mol. The van der Waals surface area contributed by atoms with Gasteiger partial charge in [0.1, 0.15) is 0 Å². The van der Waals surface area contributed by atoms with E-state index in [0.29, 0.717) is 0 Å². The fourth-order valence-electron chi connectivity index (χ4n) is 2.29. The van der Waals surface area contributed by atoms with Crippen molar-refractivity contribution in [1.29, 1.82) is 0 Å². The second-order valence-corrected chi connectivity index (χ2v) is 5.82. The molecule has 0 bridgehead atoms. The summed E-state index contributed by atoms with van der Waals surface area (Å²) in [6.07, 6.45) is -0.450. The summed E-state index contributed by atoms with van der Waals surface area (Å²) in [5.74, 6) is 0. The minimum atomic E-state index is -0.450. The van der Waals surface area contributed by atoms with E-state index in [1.165, 1.54) is 11.3 Å². The van der Waals surface area contributed by atoms with Crippen molar-refractivity contribution in [3.8, 4) is 0 Å². The molecule has 0 aliphatic heterocycles. The lowest BCUT2D eigenvalue weighted by atomic mass is 10.1. The highest BCUT2D eigenvalue weighted by atomic mass is 79.9. The molecule has 0 radical (unpaired) electrons. The number of hydrogen-bond acceptors (Lipinski definition) is 2. The maximum absolute atomic E-state index is 9.65. The van der Waals surface area contributed by atoms with Crippen molar-refractivity contribution in [2.24, 2.45) is 0 Å². The summed E-state index contributed by atoms with van der Waals surface area (Å²) in [5.41, 5.74) is 4.46. The highest BCUT2D eigenvalue weighted by Gasteiger charge is 2.12. The Balaban J connectivity index is 2.42. The number of benzene rings is 2. The molecule has 0 spiro atoms. The van der Waals surface area contributed by atoms with E-state index < -0.39 is 6.10 Å². The zero-order chi connectivity index (χ0) is 14.7. The quantitative estimate of drug-likeness (QED) is 0.853. The molecule has 0 saturated carbocycles. The Morgan fingerprint density at radius 1 is 1.20 bits per heavy atom. The van der Waals surface area contributed by atoms with Gasteiger partial charge in [-0.2, -0.15) is 0 Å². The van der Waals surface area contributed by atoms with Crippen LogP contribution in [0.3, 0.4) is 0 Å². The molecule has 2 rings (SSSR count). The van der Waals surface area contributed by atoms with E-state index in [-0.39, 0.29) is 0 Å². The molecular formula is C17H20BrNO. The molecule has 1 N–H and O–H groups in total. The van der Waals surface area contributed by atoms with E-state index in [4.69, 9.17) is 0 Å². The van der Waals surface area contributed by atoms with Gasteiger partial charge < -0.3 is 10.0 Å². The van der Waals surface area contributed by atoms with Crippen LogP contribution in [-0.4, -0.2) is 11.7 Å². The number of hydrogen-bond donors (Lipinski definition) is 1. The van der Waals surface area contributed by atoms with E-state index >= 15 is 0 Å². The summed E-state index contributed by atoms with van der Waals surface area (Å²) >= 11 is 3.62. The predicted octanol–water partition coefficient (Wildman–Crippen LogP) is 4.97. The standard InChI is InChI=1S/C17H20BrNO/c1-4-19(15-7-5-6-12(2)10-15)17-9-8-14(13(3)20)11-16(17)18/h5-11,13,20H,4H2,1-3H3. The Morgan fingerprint density at radius 3 is 2.50 bits per heavy atom. The molecule has 0 saturated heterocycles. The minimum absolute atomic E-state index is 0.450. The lowest BCUT2D eigenvalue weighted by Crippen LogP contribution is -2.16. The molecule has 0 aliphatic carbocycles. The molecule has 3 heteroatoms. The number of aryl methyl sites for hydroxylation is 1. The summed E-state index contributed by atoms with van der Waals surface area (Å²) in [4.78, 5) is 2.25. The van der Waals surface area contributed by atoms with Crippen LogP contribution >= 0.6 is 15.9 Å². The Bertz CT molecular complexity index is 595. The minimum Gasteiger partial charge on any atom is -0.389 e. The number of anilines is 2. The number of nitrogens with zero attached hydrogens (tertiary/aromatic N) is 1. The average molecular weight is 334 g/mol. The molecule has 0 amide bonds. The second-order valence-electron chi connectivity index (χ2n) is 4.97. The number of aliphatic hydroxyl groups excluding tert-OH is 1. The largest absolute Gasteiger partial charge is 0.389 e. The van der Waals surface area contributed by atoms with Crippen LogP contribution in [0.4, 0.5) is 11.4 Å². The molecule has 2 aromatic rings. The smallest absolute Gasteiger partial charge is 0.0762 e. The number of aliphatic hydroxyl groups is 1. The van der Waals surface area contributed by atoms with E-state index in [9.17, 15) is 5.11 Å². The van der Waals surface area contributed by atoms with Gasteiger partial charge in [-0.3, -0.25) is 0 Å². The molecule has 1 atom stereocenters. The van der Waals surface area contributed by atoms with Crippen LogP contribution < -0.4 is 4.90 Å². The Kier molecular flexibility index (Phi) is 4.84. The van der Waals surface area contributed by atoms with Crippen LogP contribution in [0.5, 0.6) is 0 Å². The highest BCUT2D eigenvalue weighted by molar-refractivity contribution is 9.10. The normalized spacial score (nSPS) is 12.2. The maximum Gasteiger partial charge on any atom is 0.0762 e. The van der Waals surface area contributed by atoms with Crippen LogP contribution in [0.1, 0.15) is 31.1 Å². The van der Waals surface area contributed by atoms with Crippen LogP contribution in [0, 0.1) is 6.92 Å². The van der Waals surface area contributed by atoms with Gasteiger partial charge in [0.2, 0.25) is 0 Å². The summed E-state index contributed by atoms with van der Waals surface area (Å²) in [7, 11) is 0. The summed E-state index contributed by atoms with van der Waals surface area (Å²) in [5, 5.41) is 9.65. The molecule has 2 nitrogen and oxygen atoms in total. The van der Waals surface area contributed by atoms with Gasteiger partial charge in [0.05, 0.1) is 11.8 Å². The van der Waals surface area contributed by atoms with Gasteiger partial charge >= 0.3 is 0 Å². The van der Waals surface area contributed by atoms with E-state index in [1.54, 1.807) is 6.92 Å². The zero-order valence-electron chi connectivity index (χ0n) is 12.1. The number of halogens is 1. The third-order valence-electron chi connectivity index (χ3n) is 3.37. The third kappa shape index (κ3) is 3.22. The summed E-state index contributed by atoms with van der Waals surface area (Å²) < 4.78 is 0.999. The van der Waals surface area contributed by atoms with E-state index in [0.717, 1.165) is 22.3 Å². The van der Waals surface area contributed by atoms with Crippen LogP contribution in [-0.2, 0) is 0 Å². The van der Waals surface area contributed by atoms with Gasteiger partial charge in [-0.1, -0.05) is 18.2 Å². The number of rotatable bonds is 4. The van der Waals surface area contributed by atoms with Gasteiger partial charge in [0.25, 0.3) is 0 Å². The Labute approximate surface area is 129 Å². The molecular weight excluding hydrogens is 314 g/mol. The zero-order valence-corrected chi connectivity index (χ0v) is 13.7. The van der Waals surface area contributed by atoms with Crippen molar-refractivity contribution in [2.45, 2.75) is 26.9 Å². The fraction of sp³-hybridized carbons (Fsp3) is 0.294. The van der Waals surface area contributed by atoms with Gasteiger partial charge in [-0.25, -0.2) is 0 Å². The van der Waals surface area contributed by atoms with Crippen molar-refractivity contribution in [3.05, 3.63) is 58.1 Å². The fourth-order valence-corrected chi connectivity index (χ4v) is 2.90. The maximum atomic E-state index is 9.65. The van der Waals surface area contributed by atoms with Gasteiger partial charge in [-0.15, -0.1) is 0 Å². The van der Waals surface area contributed by atoms with Crippen LogP contribution in [0.15, 0.2) is 46.9 Å². The van der Waals surface area contributed by atoms with E-state index in [1.807, 2.05) is 12.1 Å². The predicted molar refractivity (Wildman–Crippen MR) is 88.6 cm³/mol. The van der Waals surface area contributed by atoms with Gasteiger partial charge in [0, 0.05) is 16.7 Å². The van der Waals surface area contributed by atoms with Gasteiger partial charge in [0.15, 0.2) is 0 Å². The van der Waals surface area contributed by atoms with Gasteiger partial charge in [-0.05, 0) is 72.1 Å². The van der Waals surface area contributed by atoms with Crippen molar-refractivity contribution in [2.75, 3.05) is 11.4 Å². The Hall–Kier alpha value is -1.32. The van der Waals surface area contributed by atoms with Crippen LogP contribution in [0.25, 0.3) is 0 Å². The molecule has 1 unspecified atom stereocenters. The SMILES string of the molecule is CCN(c1cccc(C)c1)c1ccc(C(C)O)cc1Br. The Morgan fingerprint density at radius 2 is 1.95 bits per heavy atom. The second kappa shape index (κ2) is 6.42. The lowest BCUT2D eigenvalue weighted by Gasteiger charge is -2.25. The van der Waals surface area contributed by atoms with Crippen molar-refractivity contribution < 1.29 is 5.11 Å². The third-order valence-corrected chi connectivity index (χ3v) is 4.01. The lowest BCUT2D eigenvalue weighted by molar-refractivity contribution is 0.199. The molecule has 0 heterocycles. The molecule has 0 aliphatic rings. The van der Waals surface area contributed by atoms with Crippen molar-refractivity contribution in [3.63, 3.8) is 0 Å². The first kappa shape index (κ1) is 15.1. The first-order chi connectivity index (χ1) is 9.52. The van der Waals surface area contributed by atoms with Crippen molar-refractivity contribution >= 4 is 27.3 Å². The molecule has 2 aromatic carbocycles. The summed E-state index contributed by atoms with van der Waals surface area (Å²) in [6, 6.07) is 14.5. The van der Waals surface area contributed by atoms with Crippen LogP contribution in [0.2, 0.25) is 0 Å². The first-order valence-electron chi connectivity index (χ1n) is 6.84. The molecule has 20 heavy (non-hydrogen) atoms. The highest BCUT2D eigenvalue weighted by Crippen LogP contribution is 2.34. The topological polar surface area (TPSA) is 23.5 Å². The van der Waals surface area contributed by atoms with E-state index in [2.05, 4.69) is 65.0 Å². The molecule has 106 valence electrons. The van der Waals surface area contributed by atoms with Crippen molar-refractivity contribution in [1.82, 2.24) is 0 Å².